The van der Waals surface area contributed by atoms with E-state index in [4.69, 9.17) is 0 Å². The zero-order chi connectivity index (χ0) is 14.5. The number of nitrogens with zero attached hydrogens (tertiary/aromatic N) is 2. The lowest BCUT2D eigenvalue weighted by Gasteiger charge is -2.11. The molecule has 0 atom stereocenters. The molecular formula is C16H17N2O2+. The Bertz CT molecular complexity index is 631. The fourth-order valence-electron chi connectivity index (χ4n) is 1.76. The fraction of sp³-hybridized carbons (Fsp3) is 0.125. The number of aromatic nitrogens is 1. The number of benzene rings is 1. The fourth-order valence-corrected chi connectivity index (χ4v) is 1.76. The van der Waals surface area contributed by atoms with Gasteiger partial charge in [-0.05, 0) is 29.8 Å². The molecule has 2 aromatic rings. The third-order valence-corrected chi connectivity index (χ3v) is 2.91. The first-order valence-corrected chi connectivity index (χ1v) is 6.26. The van der Waals surface area contributed by atoms with E-state index in [-0.39, 0.29) is 5.78 Å². The van der Waals surface area contributed by atoms with E-state index in [1.54, 1.807) is 18.2 Å². The molecule has 102 valence electrons. The van der Waals surface area contributed by atoms with E-state index in [2.05, 4.69) is 0 Å². The molecular weight excluding hydrogens is 252 g/mol. The van der Waals surface area contributed by atoms with E-state index in [0.717, 1.165) is 16.0 Å². The average Bonchev–Trinajstić information content (AvgIpc) is 2.45. The van der Waals surface area contributed by atoms with Gasteiger partial charge in [-0.3, -0.25) is 10.0 Å². The quantitative estimate of drug-likeness (QED) is 0.400. The summed E-state index contributed by atoms with van der Waals surface area (Å²) < 4.78 is 0.868. The van der Waals surface area contributed by atoms with Crippen molar-refractivity contribution in [3.63, 3.8) is 0 Å². The Labute approximate surface area is 118 Å². The van der Waals surface area contributed by atoms with Crippen molar-refractivity contribution in [1.29, 1.82) is 0 Å². The van der Waals surface area contributed by atoms with Crippen LogP contribution in [0, 0.1) is 0 Å². The summed E-state index contributed by atoms with van der Waals surface area (Å²) in [6, 6.07) is 11.2. The second-order valence-electron chi connectivity index (χ2n) is 4.66. The molecule has 1 heterocycles. The molecule has 0 fully saturated rings. The molecule has 0 bridgehead atoms. The summed E-state index contributed by atoms with van der Waals surface area (Å²) in [5, 5.41) is 9.27. The number of rotatable bonds is 4. The Morgan fingerprint density at radius 1 is 1.20 bits per heavy atom. The third-order valence-electron chi connectivity index (χ3n) is 2.91. The maximum Gasteiger partial charge on any atom is 0.233 e. The summed E-state index contributed by atoms with van der Waals surface area (Å²) in [5.74, 6) is -0.148. The summed E-state index contributed by atoms with van der Waals surface area (Å²) in [4.78, 5) is 13.9. The highest BCUT2D eigenvalue weighted by molar-refractivity contribution is 6.06. The van der Waals surface area contributed by atoms with E-state index in [0.29, 0.717) is 5.56 Å². The molecule has 20 heavy (non-hydrogen) atoms. The second kappa shape index (κ2) is 6.02. The first kappa shape index (κ1) is 13.8. The van der Waals surface area contributed by atoms with Crippen LogP contribution >= 0.6 is 0 Å². The minimum atomic E-state index is -0.148. The Kier molecular flexibility index (Phi) is 4.15. The van der Waals surface area contributed by atoms with Gasteiger partial charge in [0.2, 0.25) is 12.4 Å². The lowest BCUT2D eigenvalue weighted by atomic mass is 10.1. The monoisotopic (exact) mass is 269 g/mol. The summed E-state index contributed by atoms with van der Waals surface area (Å²) in [6.45, 7) is 0. The van der Waals surface area contributed by atoms with Crippen molar-refractivity contribution < 1.29 is 14.7 Å². The van der Waals surface area contributed by atoms with E-state index in [9.17, 15) is 10.0 Å². The number of hydrogen-bond acceptors (Lipinski definition) is 3. The summed E-state index contributed by atoms with van der Waals surface area (Å²) in [5.41, 5.74) is 2.51. The van der Waals surface area contributed by atoms with Gasteiger partial charge < -0.3 is 4.90 Å². The molecule has 2 rings (SSSR count). The van der Waals surface area contributed by atoms with Crippen LogP contribution in [0.25, 0.3) is 6.08 Å². The zero-order valence-electron chi connectivity index (χ0n) is 11.5. The number of anilines is 1. The highest BCUT2D eigenvalue weighted by Crippen LogP contribution is 2.13. The molecule has 1 aromatic heterocycles. The molecule has 1 N–H and O–H groups in total. The molecule has 0 spiro atoms. The number of carbonyl (C=O) groups is 1. The van der Waals surface area contributed by atoms with E-state index in [1.807, 2.05) is 43.3 Å². The minimum absolute atomic E-state index is 0.148. The zero-order valence-corrected chi connectivity index (χ0v) is 11.5. The van der Waals surface area contributed by atoms with E-state index < -0.39 is 0 Å². The van der Waals surface area contributed by atoms with Crippen molar-refractivity contribution in [3.05, 3.63) is 66.0 Å². The Morgan fingerprint density at radius 2 is 1.90 bits per heavy atom. The molecule has 4 nitrogen and oxygen atoms in total. The molecule has 0 saturated heterocycles. The van der Waals surface area contributed by atoms with Gasteiger partial charge in [-0.1, -0.05) is 18.2 Å². The molecule has 0 radical (unpaired) electrons. The average molecular weight is 269 g/mol. The van der Waals surface area contributed by atoms with Gasteiger partial charge in [0.1, 0.15) is 0 Å². The predicted molar refractivity (Wildman–Crippen MR) is 78.0 cm³/mol. The van der Waals surface area contributed by atoms with Crippen LogP contribution in [0.4, 0.5) is 5.69 Å². The lowest BCUT2D eigenvalue weighted by Crippen LogP contribution is -2.29. The smallest absolute Gasteiger partial charge is 0.233 e. The van der Waals surface area contributed by atoms with Gasteiger partial charge >= 0.3 is 0 Å². The maximum absolute atomic E-state index is 11.9. The van der Waals surface area contributed by atoms with Crippen molar-refractivity contribution in [2.24, 2.45) is 0 Å². The molecule has 0 amide bonds. The normalized spacial score (nSPS) is 10.7. The summed E-state index contributed by atoms with van der Waals surface area (Å²) in [6.07, 6.45) is 6.10. The van der Waals surface area contributed by atoms with E-state index in [1.165, 1.54) is 18.5 Å². The molecule has 0 aliphatic rings. The lowest BCUT2D eigenvalue weighted by molar-refractivity contribution is -0.904. The van der Waals surface area contributed by atoms with Gasteiger partial charge in [0.05, 0.1) is 5.56 Å². The first-order valence-electron chi connectivity index (χ1n) is 6.26. The summed E-state index contributed by atoms with van der Waals surface area (Å²) >= 11 is 0. The van der Waals surface area contributed by atoms with Crippen LogP contribution in [0.2, 0.25) is 0 Å². The SMILES string of the molecule is CN(C)c1ccc(C=CC(=O)c2ccc[n+](O)c2)cc1. The molecule has 4 heteroatoms. The number of pyridine rings is 1. The van der Waals surface area contributed by atoms with E-state index >= 15 is 0 Å². The largest absolute Gasteiger partial charge is 0.378 e. The third kappa shape index (κ3) is 3.45. The van der Waals surface area contributed by atoms with Crippen molar-refractivity contribution in [3.8, 4) is 0 Å². The molecule has 0 aliphatic carbocycles. The van der Waals surface area contributed by atoms with Crippen LogP contribution in [-0.4, -0.2) is 25.1 Å². The number of ketones is 1. The molecule has 0 unspecified atom stereocenters. The Hall–Kier alpha value is -2.62. The second-order valence-corrected chi connectivity index (χ2v) is 4.66. The Balaban J connectivity index is 2.11. The number of carbonyl (C=O) groups excluding carboxylic acids is 1. The molecule has 1 aromatic carbocycles. The molecule has 0 aliphatic heterocycles. The first-order chi connectivity index (χ1) is 9.56. The standard InChI is InChI=1S/C16H17N2O2/c1-17(2)15-8-5-13(6-9-15)7-10-16(19)14-4-3-11-18(20)12-14/h3-12,20H,1-2H3/q+1. The van der Waals surface area contributed by atoms with Crippen molar-refractivity contribution in [2.45, 2.75) is 0 Å². The minimum Gasteiger partial charge on any atom is -0.378 e. The van der Waals surface area contributed by atoms with Crippen molar-refractivity contribution in [2.75, 3.05) is 19.0 Å². The van der Waals surface area contributed by atoms with Gasteiger partial charge in [0.15, 0.2) is 5.78 Å². The van der Waals surface area contributed by atoms with Crippen LogP contribution in [0.15, 0.2) is 54.9 Å². The highest BCUT2D eigenvalue weighted by Gasteiger charge is 2.06. The number of allylic oxidation sites excluding steroid dienone is 1. The molecule has 0 saturated carbocycles. The van der Waals surface area contributed by atoms with Crippen LogP contribution in [-0.2, 0) is 0 Å². The Morgan fingerprint density at radius 3 is 2.50 bits per heavy atom. The topological polar surface area (TPSA) is 44.4 Å². The van der Waals surface area contributed by atoms with Crippen LogP contribution < -0.4 is 9.63 Å². The maximum atomic E-state index is 11.9. The van der Waals surface area contributed by atoms with Gasteiger partial charge in [-0.2, -0.15) is 0 Å². The van der Waals surface area contributed by atoms with Gasteiger partial charge in [0.25, 0.3) is 0 Å². The van der Waals surface area contributed by atoms with Crippen molar-refractivity contribution >= 4 is 17.5 Å². The van der Waals surface area contributed by atoms with Crippen molar-refractivity contribution in [1.82, 2.24) is 0 Å². The summed E-state index contributed by atoms with van der Waals surface area (Å²) in [7, 11) is 3.96. The highest BCUT2D eigenvalue weighted by atomic mass is 16.5. The predicted octanol–water partition coefficient (Wildman–Crippen LogP) is 2.17. The number of hydrogen-bond donors (Lipinski definition) is 1. The van der Waals surface area contributed by atoms with Crippen LogP contribution in [0.1, 0.15) is 15.9 Å². The van der Waals surface area contributed by atoms with Crippen LogP contribution in [0.5, 0.6) is 0 Å². The van der Waals surface area contributed by atoms with Gasteiger partial charge in [0, 0.05) is 30.6 Å². The van der Waals surface area contributed by atoms with Crippen LogP contribution in [0.3, 0.4) is 0 Å². The van der Waals surface area contributed by atoms with Gasteiger partial charge in [-0.15, -0.1) is 0 Å². The van der Waals surface area contributed by atoms with Gasteiger partial charge in [-0.25, -0.2) is 0 Å².